The van der Waals surface area contributed by atoms with Gasteiger partial charge in [0.1, 0.15) is 11.6 Å². The molecular weight excluding hydrogens is 538 g/mol. The topological polar surface area (TPSA) is 105 Å². The molecule has 232 valence electrons. The standard InChI is InChI=1S/C33H48F2N4O3/c1-6-13-39(14-7-2)33(42)26-12-10-11-25(19-26)32(41)38-30(18-24-16-27(34)20-28(35)17-24)29(36)15-22(5)31(40)37-21-23(8-3)9-4/h10-12,16-17,19-20,22-23,29-30H,6-9,13-15,18,21,36H2,1-5H3,(H,37,40)(H,38,41)/t22-,29+,30+/m1/s1. The molecule has 42 heavy (non-hydrogen) atoms. The summed E-state index contributed by atoms with van der Waals surface area (Å²) >= 11 is 0. The van der Waals surface area contributed by atoms with Gasteiger partial charge in [-0.15, -0.1) is 0 Å². The number of benzene rings is 2. The minimum atomic E-state index is -0.732. The molecule has 2 rings (SSSR count). The Bertz CT molecular complexity index is 1150. The molecule has 3 atom stereocenters. The van der Waals surface area contributed by atoms with E-state index in [1.807, 2.05) is 13.8 Å². The van der Waals surface area contributed by atoms with E-state index in [1.54, 1.807) is 36.1 Å². The number of rotatable bonds is 17. The SMILES string of the molecule is CCCN(CCC)C(=O)c1cccc(C(=O)N[C@@H](Cc2cc(F)cc(F)c2)[C@@H](N)C[C@@H](C)C(=O)NCC(CC)CC)c1. The summed E-state index contributed by atoms with van der Waals surface area (Å²) in [6, 6.07) is 8.26. The zero-order chi connectivity index (χ0) is 31.2. The molecule has 4 N–H and O–H groups in total. The van der Waals surface area contributed by atoms with E-state index in [9.17, 15) is 23.2 Å². The second-order valence-corrected chi connectivity index (χ2v) is 11.2. The van der Waals surface area contributed by atoms with Crippen molar-refractivity contribution in [2.24, 2.45) is 17.6 Å². The fourth-order valence-electron chi connectivity index (χ4n) is 5.05. The van der Waals surface area contributed by atoms with E-state index in [0.717, 1.165) is 31.7 Å². The van der Waals surface area contributed by atoms with Crippen molar-refractivity contribution < 1.29 is 23.2 Å². The maximum atomic E-state index is 14.0. The van der Waals surface area contributed by atoms with Gasteiger partial charge in [0.25, 0.3) is 11.8 Å². The Morgan fingerprint density at radius 3 is 2.07 bits per heavy atom. The number of carbonyl (C=O) groups is 3. The zero-order valence-corrected chi connectivity index (χ0v) is 25.7. The summed E-state index contributed by atoms with van der Waals surface area (Å²) in [4.78, 5) is 41.1. The van der Waals surface area contributed by atoms with E-state index in [-0.39, 0.29) is 30.2 Å². The molecular formula is C33H48F2N4O3. The number of carbonyl (C=O) groups excluding carboxylic acids is 3. The first-order valence-electron chi connectivity index (χ1n) is 15.2. The van der Waals surface area contributed by atoms with Crippen LogP contribution < -0.4 is 16.4 Å². The highest BCUT2D eigenvalue weighted by Gasteiger charge is 2.26. The molecule has 0 bridgehead atoms. The molecule has 7 nitrogen and oxygen atoms in total. The predicted molar refractivity (Wildman–Crippen MR) is 163 cm³/mol. The molecule has 0 saturated carbocycles. The van der Waals surface area contributed by atoms with Gasteiger partial charge >= 0.3 is 0 Å². The van der Waals surface area contributed by atoms with Crippen LogP contribution in [0, 0.1) is 23.5 Å². The van der Waals surface area contributed by atoms with Crippen LogP contribution in [0.3, 0.4) is 0 Å². The molecule has 0 aliphatic carbocycles. The van der Waals surface area contributed by atoms with Crippen molar-refractivity contribution in [1.82, 2.24) is 15.5 Å². The summed E-state index contributed by atoms with van der Waals surface area (Å²) < 4.78 is 28.0. The first-order chi connectivity index (χ1) is 20.0. The Kier molecular flexibility index (Phi) is 14.6. The molecule has 0 heterocycles. The van der Waals surface area contributed by atoms with Crippen LogP contribution in [0.15, 0.2) is 42.5 Å². The first kappa shape index (κ1) is 34.9. The molecule has 0 fully saturated rings. The van der Waals surface area contributed by atoms with Gasteiger partial charge in [-0.1, -0.05) is 53.5 Å². The maximum Gasteiger partial charge on any atom is 0.253 e. The van der Waals surface area contributed by atoms with Crippen molar-refractivity contribution in [2.75, 3.05) is 19.6 Å². The normalized spacial score (nSPS) is 13.4. The van der Waals surface area contributed by atoms with Crippen molar-refractivity contribution in [2.45, 2.75) is 85.2 Å². The van der Waals surface area contributed by atoms with Gasteiger partial charge in [-0.05, 0) is 67.5 Å². The third kappa shape index (κ3) is 10.8. The monoisotopic (exact) mass is 586 g/mol. The summed E-state index contributed by atoms with van der Waals surface area (Å²) in [6.45, 7) is 11.8. The molecule has 0 saturated heterocycles. The largest absolute Gasteiger partial charge is 0.356 e. The second kappa shape index (κ2) is 17.6. The number of nitrogens with one attached hydrogen (secondary N) is 2. The van der Waals surface area contributed by atoms with E-state index >= 15 is 0 Å². The molecule has 0 aromatic heterocycles. The molecule has 0 aliphatic rings. The minimum Gasteiger partial charge on any atom is -0.356 e. The van der Waals surface area contributed by atoms with E-state index in [0.29, 0.717) is 36.7 Å². The summed E-state index contributed by atoms with van der Waals surface area (Å²) in [5, 5.41) is 5.90. The molecule has 2 aromatic rings. The van der Waals surface area contributed by atoms with Crippen molar-refractivity contribution in [3.05, 3.63) is 70.8 Å². The molecule has 0 spiro atoms. The van der Waals surface area contributed by atoms with Gasteiger partial charge in [-0.3, -0.25) is 14.4 Å². The van der Waals surface area contributed by atoms with Gasteiger partial charge in [-0.25, -0.2) is 8.78 Å². The summed E-state index contributed by atoms with van der Waals surface area (Å²) in [5.41, 5.74) is 7.56. The Morgan fingerprint density at radius 1 is 0.905 bits per heavy atom. The highest BCUT2D eigenvalue weighted by molar-refractivity contribution is 5.99. The average Bonchev–Trinajstić information content (AvgIpc) is 2.96. The average molecular weight is 587 g/mol. The maximum absolute atomic E-state index is 14.0. The smallest absolute Gasteiger partial charge is 0.253 e. The van der Waals surface area contributed by atoms with E-state index in [2.05, 4.69) is 24.5 Å². The Morgan fingerprint density at radius 2 is 1.50 bits per heavy atom. The van der Waals surface area contributed by atoms with Gasteiger partial charge in [0.05, 0.1) is 0 Å². The number of amides is 3. The lowest BCUT2D eigenvalue weighted by Crippen LogP contribution is -2.50. The van der Waals surface area contributed by atoms with E-state index < -0.39 is 35.5 Å². The number of nitrogens with two attached hydrogens (primary N) is 1. The Balaban J connectivity index is 2.25. The van der Waals surface area contributed by atoms with Crippen LogP contribution in [0.2, 0.25) is 0 Å². The van der Waals surface area contributed by atoms with Crippen LogP contribution in [0.1, 0.15) is 93.0 Å². The molecule has 0 aliphatic heterocycles. The number of hydrogen-bond donors (Lipinski definition) is 3. The third-order valence-corrected chi connectivity index (χ3v) is 7.65. The van der Waals surface area contributed by atoms with Crippen molar-refractivity contribution in [3.8, 4) is 0 Å². The summed E-state index contributed by atoms with van der Waals surface area (Å²) in [7, 11) is 0. The van der Waals surface area contributed by atoms with Gasteiger partial charge in [0.15, 0.2) is 0 Å². The lowest BCUT2D eigenvalue weighted by Gasteiger charge is -2.28. The van der Waals surface area contributed by atoms with Crippen LogP contribution in [0.4, 0.5) is 8.78 Å². The van der Waals surface area contributed by atoms with Crippen molar-refractivity contribution in [1.29, 1.82) is 0 Å². The van der Waals surface area contributed by atoms with Gasteiger partial charge < -0.3 is 21.3 Å². The van der Waals surface area contributed by atoms with Crippen LogP contribution >= 0.6 is 0 Å². The van der Waals surface area contributed by atoms with E-state index in [4.69, 9.17) is 5.73 Å². The Labute approximate surface area is 249 Å². The molecule has 2 aromatic carbocycles. The minimum absolute atomic E-state index is 0.0586. The number of nitrogens with zero attached hydrogens (tertiary/aromatic N) is 1. The first-order valence-corrected chi connectivity index (χ1v) is 15.2. The van der Waals surface area contributed by atoms with Gasteiger partial charge in [0.2, 0.25) is 5.91 Å². The van der Waals surface area contributed by atoms with Crippen LogP contribution in [-0.2, 0) is 11.2 Å². The zero-order valence-electron chi connectivity index (χ0n) is 25.7. The van der Waals surface area contributed by atoms with Crippen LogP contribution in [-0.4, -0.2) is 54.3 Å². The van der Waals surface area contributed by atoms with E-state index in [1.165, 1.54) is 12.1 Å². The quantitative estimate of drug-likeness (QED) is 0.229. The molecule has 9 heteroatoms. The molecule has 3 amide bonds. The van der Waals surface area contributed by atoms with Gasteiger partial charge in [0, 0.05) is 54.8 Å². The third-order valence-electron chi connectivity index (χ3n) is 7.65. The summed E-state index contributed by atoms with van der Waals surface area (Å²) in [6.07, 6.45) is 3.87. The molecule has 0 radical (unpaired) electrons. The number of halogens is 2. The number of hydrogen-bond acceptors (Lipinski definition) is 4. The fourth-order valence-corrected chi connectivity index (χ4v) is 5.05. The highest BCUT2D eigenvalue weighted by atomic mass is 19.1. The fraction of sp³-hybridized carbons (Fsp3) is 0.545. The van der Waals surface area contributed by atoms with Crippen LogP contribution in [0.25, 0.3) is 0 Å². The Hall–Kier alpha value is -3.33. The lowest BCUT2D eigenvalue weighted by molar-refractivity contribution is -0.125. The van der Waals surface area contributed by atoms with Crippen molar-refractivity contribution >= 4 is 17.7 Å². The van der Waals surface area contributed by atoms with Gasteiger partial charge in [-0.2, -0.15) is 0 Å². The van der Waals surface area contributed by atoms with Crippen LogP contribution in [0.5, 0.6) is 0 Å². The lowest BCUT2D eigenvalue weighted by atomic mass is 9.91. The molecule has 0 unspecified atom stereocenters. The predicted octanol–water partition coefficient (Wildman–Crippen LogP) is 5.47. The highest BCUT2D eigenvalue weighted by Crippen LogP contribution is 2.17. The summed E-state index contributed by atoms with van der Waals surface area (Å²) in [5.74, 6) is -2.25. The van der Waals surface area contributed by atoms with Crippen molar-refractivity contribution in [3.63, 3.8) is 0 Å². The second-order valence-electron chi connectivity index (χ2n) is 11.2.